The van der Waals surface area contributed by atoms with Gasteiger partial charge in [-0.3, -0.25) is 19.8 Å². The van der Waals surface area contributed by atoms with E-state index in [9.17, 15) is 19.2 Å². The molecule has 0 aromatic heterocycles. The number of imide groups is 1. The second-order valence-electron chi connectivity index (χ2n) is 6.98. The first-order valence-corrected chi connectivity index (χ1v) is 9.46. The van der Waals surface area contributed by atoms with Gasteiger partial charge in [-0.2, -0.15) is 5.01 Å². The van der Waals surface area contributed by atoms with Crippen molar-refractivity contribution in [3.8, 4) is 0 Å². The minimum Gasteiger partial charge on any atom is -0.375 e. The molecule has 1 heterocycles. The molecule has 9 nitrogen and oxygen atoms in total. The van der Waals surface area contributed by atoms with Gasteiger partial charge in [0, 0.05) is 12.6 Å². The van der Waals surface area contributed by atoms with Crippen LogP contribution in [-0.2, 0) is 14.4 Å². The van der Waals surface area contributed by atoms with E-state index in [1.54, 1.807) is 18.2 Å². The molecule has 28 heavy (non-hydrogen) atoms. The second kappa shape index (κ2) is 8.05. The zero-order valence-electron chi connectivity index (χ0n) is 15.4. The van der Waals surface area contributed by atoms with E-state index in [1.165, 1.54) is 6.92 Å². The van der Waals surface area contributed by atoms with E-state index in [4.69, 9.17) is 11.6 Å². The van der Waals surface area contributed by atoms with E-state index in [2.05, 4.69) is 21.4 Å². The fraction of sp³-hybridized carbons (Fsp3) is 0.444. The van der Waals surface area contributed by atoms with Crippen LogP contribution in [0.5, 0.6) is 0 Å². The van der Waals surface area contributed by atoms with Gasteiger partial charge in [0.05, 0.1) is 17.3 Å². The van der Waals surface area contributed by atoms with Crippen LogP contribution in [0.25, 0.3) is 0 Å². The van der Waals surface area contributed by atoms with Gasteiger partial charge < -0.3 is 16.0 Å². The monoisotopic (exact) mass is 407 g/mol. The second-order valence-corrected chi connectivity index (χ2v) is 7.39. The van der Waals surface area contributed by atoms with E-state index in [0.717, 1.165) is 24.3 Å². The summed E-state index contributed by atoms with van der Waals surface area (Å²) in [7, 11) is 0. The van der Waals surface area contributed by atoms with E-state index in [-0.39, 0.29) is 12.5 Å². The lowest BCUT2D eigenvalue weighted by atomic mass is 9.82. The molecule has 2 aliphatic rings. The molecule has 10 heteroatoms. The van der Waals surface area contributed by atoms with Crippen LogP contribution in [0.15, 0.2) is 18.2 Å². The topological polar surface area (TPSA) is 120 Å². The lowest BCUT2D eigenvalue weighted by molar-refractivity contribution is -0.139. The maximum absolute atomic E-state index is 12.7. The standard InChI is InChI=1S/C18H22ClN5O4/c1-11(25)21-12-5-6-13(19)14(9-12)20-10-15(26)23-24-16(27)18(22-17(24)28)7-3-2-4-8-18/h5-6,9,20H,2-4,7-8,10H2,1H3,(H,21,25)(H,22,28)(H,23,26). The third-order valence-electron chi connectivity index (χ3n) is 4.83. The Labute approximate surface area is 167 Å². The van der Waals surface area contributed by atoms with Crippen molar-refractivity contribution in [2.24, 2.45) is 0 Å². The molecular weight excluding hydrogens is 386 g/mol. The normalized spacial score (nSPS) is 18.0. The molecule has 2 fully saturated rings. The minimum absolute atomic E-state index is 0.215. The van der Waals surface area contributed by atoms with Crippen LogP contribution >= 0.6 is 11.6 Å². The molecule has 3 rings (SSSR count). The van der Waals surface area contributed by atoms with Gasteiger partial charge in [-0.05, 0) is 31.0 Å². The number of benzene rings is 1. The molecule has 5 amide bonds. The van der Waals surface area contributed by atoms with Crippen LogP contribution in [0.4, 0.5) is 16.2 Å². The van der Waals surface area contributed by atoms with Gasteiger partial charge in [-0.25, -0.2) is 4.79 Å². The summed E-state index contributed by atoms with van der Waals surface area (Å²) in [6.07, 6.45) is 3.90. The molecular formula is C18H22ClN5O4. The molecule has 1 saturated carbocycles. The van der Waals surface area contributed by atoms with Crippen molar-refractivity contribution in [3.05, 3.63) is 23.2 Å². The summed E-state index contributed by atoms with van der Waals surface area (Å²) in [5.74, 6) is -1.23. The number of carbonyl (C=O) groups is 4. The third kappa shape index (κ3) is 4.19. The van der Waals surface area contributed by atoms with E-state index in [0.29, 0.717) is 29.2 Å². The Bertz CT molecular complexity index is 822. The number of rotatable bonds is 5. The highest BCUT2D eigenvalue weighted by molar-refractivity contribution is 6.33. The van der Waals surface area contributed by atoms with Gasteiger partial charge in [-0.1, -0.05) is 30.9 Å². The van der Waals surface area contributed by atoms with Gasteiger partial charge in [0.1, 0.15) is 5.54 Å². The molecule has 1 aromatic carbocycles. The molecule has 1 spiro atoms. The van der Waals surface area contributed by atoms with E-state index >= 15 is 0 Å². The number of hydrogen-bond acceptors (Lipinski definition) is 5. The fourth-order valence-electron chi connectivity index (χ4n) is 3.50. The molecule has 1 aliphatic carbocycles. The number of carbonyl (C=O) groups excluding carboxylic acids is 4. The van der Waals surface area contributed by atoms with Crippen LogP contribution in [0.3, 0.4) is 0 Å². The van der Waals surface area contributed by atoms with Gasteiger partial charge >= 0.3 is 6.03 Å². The Balaban J connectivity index is 1.59. The summed E-state index contributed by atoms with van der Waals surface area (Å²) in [4.78, 5) is 48.2. The van der Waals surface area contributed by atoms with Gasteiger partial charge in [0.15, 0.2) is 0 Å². The number of hydrogen-bond donors (Lipinski definition) is 4. The number of anilines is 2. The predicted octanol–water partition coefficient (Wildman–Crippen LogP) is 2.00. The van der Waals surface area contributed by atoms with Crippen molar-refractivity contribution in [2.75, 3.05) is 17.2 Å². The summed E-state index contributed by atoms with van der Waals surface area (Å²) in [5, 5.41) is 9.29. The lowest BCUT2D eigenvalue weighted by Gasteiger charge is -2.30. The summed E-state index contributed by atoms with van der Waals surface area (Å²) in [5.41, 5.74) is 2.40. The molecule has 1 saturated heterocycles. The van der Waals surface area contributed by atoms with Crippen molar-refractivity contribution in [1.29, 1.82) is 0 Å². The van der Waals surface area contributed by atoms with Crippen molar-refractivity contribution < 1.29 is 19.2 Å². The van der Waals surface area contributed by atoms with Crippen molar-refractivity contribution in [2.45, 2.75) is 44.6 Å². The van der Waals surface area contributed by atoms with Crippen LogP contribution in [0.2, 0.25) is 5.02 Å². The zero-order valence-corrected chi connectivity index (χ0v) is 16.2. The average Bonchev–Trinajstić information content (AvgIpc) is 2.86. The maximum atomic E-state index is 12.7. The van der Waals surface area contributed by atoms with Crippen LogP contribution in [0, 0.1) is 0 Å². The van der Waals surface area contributed by atoms with Gasteiger partial charge in [0.2, 0.25) is 5.91 Å². The number of nitrogens with zero attached hydrogens (tertiary/aromatic N) is 1. The van der Waals surface area contributed by atoms with E-state index < -0.39 is 23.4 Å². The highest BCUT2D eigenvalue weighted by atomic mass is 35.5. The molecule has 150 valence electrons. The highest BCUT2D eigenvalue weighted by Gasteiger charge is 2.52. The highest BCUT2D eigenvalue weighted by Crippen LogP contribution is 2.33. The first kappa shape index (κ1) is 19.9. The zero-order chi connectivity index (χ0) is 20.3. The first-order chi connectivity index (χ1) is 13.3. The Hall–Kier alpha value is -2.81. The fourth-order valence-corrected chi connectivity index (χ4v) is 3.68. The summed E-state index contributed by atoms with van der Waals surface area (Å²) < 4.78 is 0. The average molecular weight is 408 g/mol. The Morgan fingerprint density at radius 1 is 1.21 bits per heavy atom. The van der Waals surface area contributed by atoms with Crippen LogP contribution in [0.1, 0.15) is 39.0 Å². The molecule has 0 unspecified atom stereocenters. The van der Waals surface area contributed by atoms with Crippen molar-refractivity contribution in [1.82, 2.24) is 15.8 Å². The predicted molar refractivity (Wildman–Crippen MR) is 104 cm³/mol. The molecule has 1 aliphatic heterocycles. The molecule has 1 aromatic rings. The maximum Gasteiger partial charge on any atom is 0.344 e. The number of urea groups is 1. The van der Waals surface area contributed by atoms with E-state index in [1.807, 2.05) is 0 Å². The van der Waals surface area contributed by atoms with Crippen molar-refractivity contribution in [3.63, 3.8) is 0 Å². The number of amides is 5. The Morgan fingerprint density at radius 2 is 1.93 bits per heavy atom. The molecule has 0 radical (unpaired) electrons. The van der Waals surface area contributed by atoms with Crippen LogP contribution in [-0.4, -0.2) is 40.8 Å². The molecule has 0 bridgehead atoms. The van der Waals surface area contributed by atoms with Gasteiger partial charge in [0.25, 0.3) is 11.8 Å². The number of halogens is 1. The summed E-state index contributed by atoms with van der Waals surface area (Å²) >= 11 is 6.09. The third-order valence-corrected chi connectivity index (χ3v) is 5.16. The molecule has 0 atom stereocenters. The first-order valence-electron chi connectivity index (χ1n) is 9.08. The lowest BCUT2D eigenvalue weighted by Crippen LogP contribution is -2.51. The smallest absolute Gasteiger partial charge is 0.344 e. The van der Waals surface area contributed by atoms with Crippen molar-refractivity contribution >= 4 is 46.7 Å². The summed E-state index contributed by atoms with van der Waals surface area (Å²) in [6, 6.07) is 4.18. The largest absolute Gasteiger partial charge is 0.375 e. The van der Waals surface area contributed by atoms with Crippen LogP contribution < -0.4 is 21.4 Å². The number of hydrazine groups is 1. The quantitative estimate of drug-likeness (QED) is 0.556. The SMILES string of the molecule is CC(=O)Nc1ccc(Cl)c(NCC(=O)NN2C(=O)NC3(CCCCC3)C2=O)c1. The minimum atomic E-state index is -0.897. The Morgan fingerprint density at radius 3 is 2.61 bits per heavy atom. The molecule has 4 N–H and O–H groups in total. The van der Waals surface area contributed by atoms with Gasteiger partial charge in [-0.15, -0.1) is 0 Å². The Kier molecular flexibility index (Phi) is 5.73. The summed E-state index contributed by atoms with van der Waals surface area (Å²) in [6.45, 7) is 1.17. The number of nitrogens with one attached hydrogen (secondary N) is 4.